The molecule has 0 saturated heterocycles. The minimum absolute atomic E-state index is 0.602. The molecule has 0 N–H and O–H groups in total. The quantitative estimate of drug-likeness (QED) is 0.400. The van der Waals surface area contributed by atoms with Gasteiger partial charge in [-0.15, -0.1) is 0 Å². The molecule has 1 heterocycles. The Kier molecular flexibility index (Phi) is 8.35. The lowest BCUT2D eigenvalue weighted by atomic mass is 9.78. The average Bonchev–Trinajstić information content (AvgIpc) is 2.61. The molecule has 0 unspecified atom stereocenters. The zero-order valence-corrected chi connectivity index (χ0v) is 14.8. The van der Waals surface area contributed by atoms with Crippen molar-refractivity contribution in [1.82, 2.24) is 4.98 Å². The fraction of sp³-hybridized carbons (Fsp3) is 0.714. The molecule has 0 amide bonds. The van der Waals surface area contributed by atoms with Gasteiger partial charge in [0.2, 0.25) is 0 Å². The second kappa shape index (κ2) is 10.6. The fourth-order valence-electron chi connectivity index (χ4n) is 3.83. The van der Waals surface area contributed by atoms with Gasteiger partial charge < -0.3 is 4.79 Å². The molecule has 0 atom stereocenters. The van der Waals surface area contributed by atoms with E-state index in [1.807, 2.05) is 6.20 Å². The summed E-state index contributed by atoms with van der Waals surface area (Å²) in [4.78, 5) is 15.1. The molecular weight excluding hydrogens is 282 g/mol. The van der Waals surface area contributed by atoms with E-state index in [0.29, 0.717) is 12.3 Å². The van der Waals surface area contributed by atoms with E-state index in [1.54, 1.807) is 0 Å². The molecule has 2 nitrogen and oxygen atoms in total. The number of aromatic nitrogens is 1. The zero-order chi connectivity index (χ0) is 16.3. The molecule has 0 radical (unpaired) electrons. The van der Waals surface area contributed by atoms with Crippen LogP contribution in [0.3, 0.4) is 0 Å². The second-order valence-electron chi connectivity index (χ2n) is 7.22. The van der Waals surface area contributed by atoms with Crippen LogP contribution in [0.2, 0.25) is 0 Å². The minimum Gasteiger partial charge on any atom is -0.303 e. The maximum absolute atomic E-state index is 10.4. The van der Waals surface area contributed by atoms with Crippen molar-refractivity contribution in [2.45, 2.75) is 89.9 Å². The number of nitrogens with zero attached hydrogens (tertiary/aromatic N) is 1. The van der Waals surface area contributed by atoms with Crippen LogP contribution in [0, 0.1) is 5.92 Å². The number of aldehydes is 1. The Morgan fingerprint density at radius 3 is 2.52 bits per heavy atom. The first-order valence-electron chi connectivity index (χ1n) is 9.72. The predicted octanol–water partition coefficient (Wildman–Crippen LogP) is 5.85. The Morgan fingerprint density at radius 2 is 1.87 bits per heavy atom. The van der Waals surface area contributed by atoms with Gasteiger partial charge in [0.25, 0.3) is 0 Å². The van der Waals surface area contributed by atoms with Crippen LogP contribution in [-0.2, 0) is 11.2 Å². The van der Waals surface area contributed by atoms with E-state index in [2.05, 4.69) is 24.0 Å². The summed E-state index contributed by atoms with van der Waals surface area (Å²) >= 11 is 0. The highest BCUT2D eigenvalue weighted by molar-refractivity contribution is 5.49. The van der Waals surface area contributed by atoms with Gasteiger partial charge in [-0.2, -0.15) is 0 Å². The summed E-state index contributed by atoms with van der Waals surface area (Å²) in [5.41, 5.74) is 2.45. The molecule has 1 aliphatic rings. The lowest BCUT2D eigenvalue weighted by Gasteiger charge is -2.28. The van der Waals surface area contributed by atoms with E-state index in [9.17, 15) is 4.79 Å². The van der Waals surface area contributed by atoms with Crippen LogP contribution in [0.25, 0.3) is 0 Å². The summed E-state index contributed by atoms with van der Waals surface area (Å²) in [5.74, 6) is 1.62. The number of unbranched alkanes of at least 4 members (excludes halogenated alkanes) is 4. The Morgan fingerprint density at radius 1 is 1.09 bits per heavy atom. The summed E-state index contributed by atoms with van der Waals surface area (Å²) in [6.07, 6.45) is 18.2. The van der Waals surface area contributed by atoms with Gasteiger partial charge in [-0.1, -0.05) is 51.5 Å². The lowest BCUT2D eigenvalue weighted by molar-refractivity contribution is -0.107. The molecule has 0 bridgehead atoms. The highest BCUT2D eigenvalue weighted by Gasteiger charge is 2.22. The Labute approximate surface area is 142 Å². The minimum atomic E-state index is 0.602. The molecule has 1 aliphatic carbocycles. The van der Waals surface area contributed by atoms with E-state index in [4.69, 9.17) is 0 Å². The van der Waals surface area contributed by atoms with E-state index in [1.165, 1.54) is 75.5 Å². The summed E-state index contributed by atoms with van der Waals surface area (Å²) in [6, 6.07) is 4.35. The van der Waals surface area contributed by atoms with Gasteiger partial charge in [0.05, 0.1) is 0 Å². The van der Waals surface area contributed by atoms with Gasteiger partial charge in [-0.25, -0.2) is 0 Å². The van der Waals surface area contributed by atoms with E-state index < -0.39 is 0 Å². The lowest BCUT2D eigenvalue weighted by Crippen LogP contribution is -2.14. The Hall–Kier alpha value is -1.18. The smallest absolute Gasteiger partial charge is 0.120 e. The molecule has 1 fully saturated rings. The van der Waals surface area contributed by atoms with Crippen LogP contribution in [0.15, 0.2) is 18.3 Å². The van der Waals surface area contributed by atoms with Gasteiger partial charge in [-0.3, -0.25) is 4.98 Å². The number of pyridine rings is 1. The standard InChI is InChI=1S/C21H33NO/c1-2-3-4-5-6-8-18-10-13-20(14-11-18)21-15-12-19(17-22-21)9-7-16-23/h12,15-18,20H,2-11,13-14H2,1H3. The van der Waals surface area contributed by atoms with Crippen molar-refractivity contribution in [3.63, 3.8) is 0 Å². The van der Waals surface area contributed by atoms with Crippen LogP contribution < -0.4 is 0 Å². The van der Waals surface area contributed by atoms with Crippen molar-refractivity contribution in [3.8, 4) is 0 Å². The molecule has 1 aromatic rings. The van der Waals surface area contributed by atoms with Crippen molar-refractivity contribution < 1.29 is 4.79 Å². The number of hydrogen-bond acceptors (Lipinski definition) is 2. The molecule has 0 spiro atoms. The maximum atomic E-state index is 10.4. The van der Waals surface area contributed by atoms with Crippen LogP contribution in [0.4, 0.5) is 0 Å². The number of carbonyl (C=O) groups excluding carboxylic acids is 1. The van der Waals surface area contributed by atoms with Crippen LogP contribution in [0.5, 0.6) is 0 Å². The first kappa shape index (κ1) is 18.2. The van der Waals surface area contributed by atoms with Crippen molar-refractivity contribution in [2.24, 2.45) is 5.92 Å². The van der Waals surface area contributed by atoms with E-state index in [0.717, 1.165) is 18.6 Å². The summed E-state index contributed by atoms with van der Waals surface area (Å²) < 4.78 is 0. The third kappa shape index (κ3) is 6.45. The van der Waals surface area contributed by atoms with Gasteiger partial charge in [0.1, 0.15) is 6.29 Å². The summed E-state index contributed by atoms with van der Waals surface area (Å²) in [5, 5.41) is 0. The second-order valence-corrected chi connectivity index (χ2v) is 7.22. The molecule has 0 aromatic carbocycles. The van der Waals surface area contributed by atoms with Crippen molar-refractivity contribution in [3.05, 3.63) is 29.6 Å². The van der Waals surface area contributed by atoms with Gasteiger partial charge in [0.15, 0.2) is 0 Å². The first-order chi connectivity index (χ1) is 11.3. The third-order valence-electron chi connectivity index (χ3n) is 5.38. The van der Waals surface area contributed by atoms with Gasteiger partial charge in [0, 0.05) is 24.2 Å². The third-order valence-corrected chi connectivity index (χ3v) is 5.38. The van der Waals surface area contributed by atoms with Crippen molar-refractivity contribution in [1.29, 1.82) is 0 Å². The topological polar surface area (TPSA) is 30.0 Å². The number of aryl methyl sites for hydroxylation is 1. The molecule has 1 saturated carbocycles. The van der Waals surface area contributed by atoms with Crippen LogP contribution in [-0.4, -0.2) is 11.3 Å². The fourth-order valence-corrected chi connectivity index (χ4v) is 3.83. The van der Waals surface area contributed by atoms with Gasteiger partial charge in [-0.05, 0) is 49.7 Å². The molecule has 0 aliphatic heterocycles. The Balaban J connectivity index is 1.68. The van der Waals surface area contributed by atoms with Gasteiger partial charge >= 0.3 is 0 Å². The zero-order valence-electron chi connectivity index (χ0n) is 14.8. The SMILES string of the molecule is CCCCCCCC1CCC(c2ccc(CCC=O)cn2)CC1. The van der Waals surface area contributed by atoms with Crippen LogP contribution in [0.1, 0.15) is 94.7 Å². The molecule has 1 aromatic heterocycles. The molecular formula is C21H33NO. The molecule has 128 valence electrons. The van der Waals surface area contributed by atoms with Crippen molar-refractivity contribution in [2.75, 3.05) is 0 Å². The average molecular weight is 316 g/mol. The number of hydrogen-bond donors (Lipinski definition) is 0. The first-order valence-corrected chi connectivity index (χ1v) is 9.72. The Bertz CT molecular complexity index is 432. The highest BCUT2D eigenvalue weighted by atomic mass is 16.1. The largest absolute Gasteiger partial charge is 0.303 e. The van der Waals surface area contributed by atoms with Crippen molar-refractivity contribution >= 4 is 6.29 Å². The summed E-state index contributed by atoms with van der Waals surface area (Å²) in [6.45, 7) is 2.28. The van der Waals surface area contributed by atoms with E-state index >= 15 is 0 Å². The monoisotopic (exact) mass is 315 g/mol. The predicted molar refractivity (Wildman–Crippen MR) is 96.7 cm³/mol. The molecule has 23 heavy (non-hydrogen) atoms. The van der Waals surface area contributed by atoms with E-state index in [-0.39, 0.29) is 0 Å². The van der Waals surface area contributed by atoms with Crippen LogP contribution >= 0.6 is 0 Å². The molecule has 2 heteroatoms. The molecule has 2 rings (SSSR count). The number of rotatable bonds is 10. The maximum Gasteiger partial charge on any atom is 0.120 e. The highest BCUT2D eigenvalue weighted by Crippen LogP contribution is 2.37. The summed E-state index contributed by atoms with van der Waals surface area (Å²) in [7, 11) is 0. The normalized spacial score (nSPS) is 21.3. The number of carbonyl (C=O) groups is 1.